The molecule has 0 aliphatic carbocycles. The molecule has 0 spiro atoms. The van der Waals surface area contributed by atoms with E-state index < -0.39 is 5.91 Å². The van der Waals surface area contributed by atoms with E-state index in [1.54, 1.807) is 13.2 Å². The Morgan fingerprint density at radius 3 is 2.48 bits per heavy atom. The average molecular weight is 456 g/mol. The summed E-state index contributed by atoms with van der Waals surface area (Å²) >= 11 is 1.30. The summed E-state index contributed by atoms with van der Waals surface area (Å²) in [7, 11) is 1.64. The number of rotatable bonds is 4. The van der Waals surface area contributed by atoms with Crippen molar-refractivity contribution in [3.63, 3.8) is 0 Å². The van der Waals surface area contributed by atoms with Gasteiger partial charge < -0.3 is 9.30 Å². The number of thioether (sulfide) groups is 1. The van der Waals surface area contributed by atoms with Crippen LogP contribution in [0.2, 0.25) is 0 Å². The molecular weight excluding hydrogens is 434 g/mol. The highest BCUT2D eigenvalue weighted by Crippen LogP contribution is 2.32. The first kappa shape index (κ1) is 21.0. The van der Waals surface area contributed by atoms with E-state index >= 15 is 0 Å². The minimum absolute atomic E-state index is 0.0256. The van der Waals surface area contributed by atoms with Gasteiger partial charge in [-0.05, 0) is 67.6 Å². The van der Waals surface area contributed by atoms with Crippen LogP contribution < -0.4 is 4.74 Å². The van der Waals surface area contributed by atoms with Crippen LogP contribution in [0.4, 0.5) is 0 Å². The third-order valence-electron chi connectivity index (χ3n) is 5.58. The summed E-state index contributed by atoms with van der Waals surface area (Å²) < 4.78 is 7.36. The number of nitrogens with zero attached hydrogens (tertiary/aromatic N) is 4. The molecule has 5 rings (SSSR count). The number of amides is 1. The number of hydrazone groups is 1. The van der Waals surface area contributed by atoms with Crippen LogP contribution in [-0.4, -0.2) is 38.6 Å². The molecule has 0 fully saturated rings. The van der Waals surface area contributed by atoms with Gasteiger partial charge in [0.25, 0.3) is 5.91 Å². The highest BCUT2D eigenvalue weighted by Gasteiger charge is 2.36. The van der Waals surface area contributed by atoms with Gasteiger partial charge in [0.05, 0.1) is 12.7 Å². The minimum atomic E-state index is -0.433. The Morgan fingerprint density at radius 1 is 1.06 bits per heavy atom. The Labute approximate surface area is 195 Å². The fourth-order valence-corrected chi connectivity index (χ4v) is 4.80. The highest BCUT2D eigenvalue weighted by molar-refractivity contribution is 8.27. The number of fused-ring (bicyclic) bond motifs is 1. The van der Waals surface area contributed by atoms with Crippen molar-refractivity contribution in [2.45, 2.75) is 13.8 Å². The number of benzene rings is 2. The van der Waals surface area contributed by atoms with Crippen molar-refractivity contribution in [3.05, 3.63) is 88.8 Å². The SMILES string of the molecule is COc1ccc(-n2c(C)cc(/C=C3/C(=N)N4N=C(c5ccccc5)SC4=NC3=O)c2C)cc1. The molecule has 0 radical (unpaired) electrons. The summed E-state index contributed by atoms with van der Waals surface area (Å²) in [6, 6.07) is 19.5. The maximum atomic E-state index is 12.8. The average Bonchev–Trinajstić information content (AvgIpc) is 3.38. The molecule has 1 N–H and O–H groups in total. The van der Waals surface area contributed by atoms with Crippen molar-refractivity contribution in [2.75, 3.05) is 7.11 Å². The molecule has 0 saturated heterocycles. The molecule has 2 aliphatic heterocycles. The number of hydrogen-bond donors (Lipinski definition) is 1. The number of carbonyl (C=O) groups excluding carboxylic acids is 1. The van der Waals surface area contributed by atoms with Gasteiger partial charge in [-0.1, -0.05) is 30.3 Å². The van der Waals surface area contributed by atoms with Gasteiger partial charge in [0, 0.05) is 22.6 Å². The topological polar surface area (TPSA) is 83.0 Å². The van der Waals surface area contributed by atoms with Crippen LogP contribution in [0.15, 0.2) is 76.3 Å². The summed E-state index contributed by atoms with van der Waals surface area (Å²) in [6.07, 6.45) is 1.73. The zero-order chi connectivity index (χ0) is 23.1. The molecule has 164 valence electrons. The van der Waals surface area contributed by atoms with Gasteiger partial charge in [0.2, 0.25) is 5.17 Å². The third kappa shape index (κ3) is 3.68. The molecule has 0 atom stereocenters. The largest absolute Gasteiger partial charge is 0.497 e. The number of methoxy groups -OCH3 is 1. The van der Waals surface area contributed by atoms with Crippen LogP contribution in [-0.2, 0) is 4.79 Å². The van der Waals surface area contributed by atoms with Crippen LogP contribution in [0.25, 0.3) is 11.8 Å². The van der Waals surface area contributed by atoms with E-state index in [4.69, 9.17) is 10.1 Å². The monoisotopic (exact) mass is 455 g/mol. The van der Waals surface area contributed by atoms with Gasteiger partial charge in [-0.3, -0.25) is 10.2 Å². The molecule has 3 aromatic rings. The molecule has 1 aromatic heterocycles. The Kier molecular flexibility index (Phi) is 5.22. The predicted octanol–water partition coefficient (Wildman–Crippen LogP) is 4.77. The fourth-order valence-electron chi connectivity index (χ4n) is 3.91. The summed E-state index contributed by atoms with van der Waals surface area (Å²) in [5.74, 6) is 0.382. The Morgan fingerprint density at radius 2 is 1.79 bits per heavy atom. The van der Waals surface area contributed by atoms with Gasteiger partial charge >= 0.3 is 0 Å². The zero-order valence-electron chi connectivity index (χ0n) is 18.4. The molecule has 2 aliphatic rings. The number of ether oxygens (including phenoxy) is 1. The lowest BCUT2D eigenvalue weighted by Gasteiger charge is -2.20. The Bertz CT molecular complexity index is 1370. The van der Waals surface area contributed by atoms with Crippen molar-refractivity contribution in [1.82, 2.24) is 9.58 Å². The molecular formula is C25H21N5O2S. The molecule has 8 heteroatoms. The van der Waals surface area contributed by atoms with Crippen molar-refractivity contribution in [2.24, 2.45) is 10.1 Å². The number of aryl methyl sites for hydroxylation is 1. The van der Waals surface area contributed by atoms with Crippen molar-refractivity contribution in [3.8, 4) is 11.4 Å². The predicted molar refractivity (Wildman–Crippen MR) is 132 cm³/mol. The summed E-state index contributed by atoms with van der Waals surface area (Å²) in [5, 5.41) is 15.8. The van der Waals surface area contributed by atoms with E-state index in [2.05, 4.69) is 14.7 Å². The second-order valence-corrected chi connectivity index (χ2v) is 8.61. The standard InChI is InChI=1S/C25H21N5O2S/c1-15-13-18(16(2)29(15)19-9-11-20(32-3)12-10-19)14-21-22(26)30-25(27-23(21)31)33-24(28-30)17-7-5-4-6-8-17/h4-14,26H,1-3H3/b21-14-,26-22?. The van der Waals surface area contributed by atoms with E-state index in [-0.39, 0.29) is 11.4 Å². The lowest BCUT2D eigenvalue weighted by Crippen LogP contribution is -2.35. The van der Waals surface area contributed by atoms with Crippen molar-refractivity contribution >= 4 is 39.8 Å². The maximum absolute atomic E-state index is 12.8. The van der Waals surface area contributed by atoms with Crippen LogP contribution in [0, 0.1) is 19.3 Å². The number of amidine groups is 2. The molecule has 0 saturated carbocycles. The first-order valence-electron chi connectivity index (χ1n) is 10.4. The van der Waals surface area contributed by atoms with Crippen molar-refractivity contribution < 1.29 is 9.53 Å². The third-order valence-corrected chi connectivity index (χ3v) is 6.53. The normalized spacial score (nSPS) is 16.7. The fraction of sp³-hybridized carbons (Fsp3) is 0.120. The molecule has 0 bridgehead atoms. The molecule has 7 nitrogen and oxygen atoms in total. The van der Waals surface area contributed by atoms with E-state index in [1.165, 1.54) is 16.8 Å². The summed E-state index contributed by atoms with van der Waals surface area (Å²) in [5.41, 5.74) is 4.97. The molecule has 1 amide bonds. The maximum Gasteiger partial charge on any atom is 0.283 e. The zero-order valence-corrected chi connectivity index (χ0v) is 19.2. The number of nitrogens with one attached hydrogen (secondary N) is 1. The van der Waals surface area contributed by atoms with Gasteiger partial charge in [-0.15, -0.1) is 0 Å². The lowest BCUT2D eigenvalue weighted by atomic mass is 10.1. The molecule has 3 heterocycles. The van der Waals surface area contributed by atoms with Gasteiger partial charge in [0.1, 0.15) is 10.8 Å². The Balaban J connectivity index is 1.50. The summed E-state index contributed by atoms with van der Waals surface area (Å²) in [6.45, 7) is 4.00. The van der Waals surface area contributed by atoms with Crippen LogP contribution in [0.5, 0.6) is 5.75 Å². The van der Waals surface area contributed by atoms with Crippen molar-refractivity contribution in [1.29, 1.82) is 5.41 Å². The first-order chi connectivity index (χ1) is 16.0. The second kappa shape index (κ2) is 8.22. The van der Waals surface area contributed by atoms with E-state index in [9.17, 15) is 4.79 Å². The summed E-state index contributed by atoms with van der Waals surface area (Å²) in [4.78, 5) is 17.0. The van der Waals surface area contributed by atoms with Gasteiger partial charge in [0.15, 0.2) is 5.84 Å². The number of aromatic nitrogens is 1. The van der Waals surface area contributed by atoms with E-state index in [1.807, 2.05) is 74.5 Å². The molecule has 2 aromatic carbocycles. The smallest absolute Gasteiger partial charge is 0.283 e. The van der Waals surface area contributed by atoms with Gasteiger partial charge in [-0.25, -0.2) is 0 Å². The van der Waals surface area contributed by atoms with E-state index in [0.717, 1.165) is 34.0 Å². The molecule has 33 heavy (non-hydrogen) atoms. The van der Waals surface area contributed by atoms with E-state index in [0.29, 0.717) is 10.2 Å². The number of aliphatic imine (C=N–C) groups is 1. The van der Waals surface area contributed by atoms with Crippen LogP contribution >= 0.6 is 11.8 Å². The van der Waals surface area contributed by atoms with Crippen LogP contribution in [0.3, 0.4) is 0 Å². The number of hydrogen-bond acceptors (Lipinski definition) is 5. The van der Waals surface area contributed by atoms with Gasteiger partial charge in [-0.2, -0.15) is 15.1 Å². The first-order valence-corrected chi connectivity index (χ1v) is 11.2. The molecule has 0 unspecified atom stereocenters. The second-order valence-electron chi connectivity index (χ2n) is 7.65. The lowest BCUT2D eigenvalue weighted by molar-refractivity contribution is -0.114. The Hall–Kier alpha value is -3.91. The highest BCUT2D eigenvalue weighted by atomic mass is 32.2. The quantitative estimate of drug-likeness (QED) is 0.575. The minimum Gasteiger partial charge on any atom is -0.497 e. The number of carbonyl (C=O) groups is 1. The van der Waals surface area contributed by atoms with Crippen LogP contribution in [0.1, 0.15) is 22.5 Å².